The van der Waals surface area contributed by atoms with Crippen LogP contribution in [-0.2, 0) is 0 Å². The van der Waals surface area contributed by atoms with E-state index < -0.39 is 0 Å². The van der Waals surface area contributed by atoms with E-state index in [1.54, 1.807) is 6.33 Å². The molecule has 0 amide bonds. The fraction of sp³-hybridized carbons (Fsp3) is 0.231. The van der Waals surface area contributed by atoms with E-state index in [0.717, 1.165) is 17.0 Å². The standard InChI is InChI=1S/C13H14N2OS/c1-9(2)16-12-6-4-3-5-10(12)11-7-13(17)15-8-14-11/h3-9H,1-2H3,(H,14,15,17). The van der Waals surface area contributed by atoms with Crippen molar-refractivity contribution in [1.29, 1.82) is 0 Å². The number of ether oxygens (including phenoxy) is 1. The zero-order valence-corrected chi connectivity index (χ0v) is 10.6. The van der Waals surface area contributed by atoms with Crippen molar-refractivity contribution in [2.24, 2.45) is 0 Å². The average Bonchev–Trinajstić information content (AvgIpc) is 2.29. The summed E-state index contributed by atoms with van der Waals surface area (Å²) in [5, 5.41) is 0. The van der Waals surface area contributed by atoms with Crippen LogP contribution in [0.25, 0.3) is 11.3 Å². The maximum Gasteiger partial charge on any atom is 0.130 e. The predicted octanol–water partition coefficient (Wildman–Crippen LogP) is 3.59. The maximum atomic E-state index is 5.77. The van der Waals surface area contributed by atoms with Gasteiger partial charge in [0.2, 0.25) is 0 Å². The minimum atomic E-state index is 0.140. The van der Waals surface area contributed by atoms with Crippen molar-refractivity contribution in [3.05, 3.63) is 41.3 Å². The van der Waals surface area contributed by atoms with Crippen LogP contribution in [0.4, 0.5) is 0 Å². The van der Waals surface area contributed by atoms with E-state index in [1.807, 2.05) is 44.2 Å². The Kier molecular flexibility index (Phi) is 3.54. The predicted molar refractivity (Wildman–Crippen MR) is 70.6 cm³/mol. The molecule has 0 saturated heterocycles. The molecule has 0 aliphatic rings. The van der Waals surface area contributed by atoms with Crippen molar-refractivity contribution < 1.29 is 4.74 Å². The number of para-hydroxylation sites is 1. The van der Waals surface area contributed by atoms with Crippen LogP contribution >= 0.6 is 12.2 Å². The maximum absolute atomic E-state index is 5.77. The number of benzene rings is 1. The highest BCUT2D eigenvalue weighted by atomic mass is 32.1. The van der Waals surface area contributed by atoms with Gasteiger partial charge in [-0.15, -0.1) is 0 Å². The Labute approximate surface area is 105 Å². The van der Waals surface area contributed by atoms with Crippen LogP contribution in [0.15, 0.2) is 36.7 Å². The van der Waals surface area contributed by atoms with Gasteiger partial charge in [0.1, 0.15) is 10.4 Å². The number of aromatic amines is 1. The lowest BCUT2D eigenvalue weighted by Crippen LogP contribution is -2.06. The number of H-pyrrole nitrogens is 1. The van der Waals surface area contributed by atoms with E-state index in [-0.39, 0.29) is 6.10 Å². The number of hydrogen-bond donors (Lipinski definition) is 1. The van der Waals surface area contributed by atoms with Gasteiger partial charge in [0, 0.05) is 5.56 Å². The van der Waals surface area contributed by atoms with Crippen molar-refractivity contribution in [2.45, 2.75) is 20.0 Å². The van der Waals surface area contributed by atoms with Gasteiger partial charge in [0.05, 0.1) is 18.1 Å². The minimum absolute atomic E-state index is 0.140. The molecule has 1 aromatic carbocycles. The first kappa shape index (κ1) is 11.8. The van der Waals surface area contributed by atoms with E-state index in [9.17, 15) is 0 Å². The first-order valence-corrected chi connectivity index (χ1v) is 5.88. The molecule has 0 atom stereocenters. The SMILES string of the molecule is CC(C)Oc1ccccc1-c1cc(=S)nc[nH]1. The Bertz CT molecular complexity index is 563. The molecule has 2 aromatic rings. The molecule has 0 aliphatic carbocycles. The molecule has 0 bridgehead atoms. The number of rotatable bonds is 3. The third-order valence-electron chi connectivity index (χ3n) is 2.22. The summed E-state index contributed by atoms with van der Waals surface area (Å²) in [6.45, 7) is 4.01. The van der Waals surface area contributed by atoms with E-state index in [4.69, 9.17) is 17.0 Å². The molecule has 4 heteroatoms. The third kappa shape index (κ3) is 2.91. The summed E-state index contributed by atoms with van der Waals surface area (Å²) >= 11 is 5.06. The smallest absolute Gasteiger partial charge is 0.130 e. The van der Waals surface area contributed by atoms with Gasteiger partial charge in [-0.05, 0) is 32.0 Å². The Hall–Kier alpha value is -1.68. The van der Waals surface area contributed by atoms with E-state index >= 15 is 0 Å². The van der Waals surface area contributed by atoms with Gasteiger partial charge in [-0.25, -0.2) is 4.98 Å². The Morgan fingerprint density at radius 2 is 2.06 bits per heavy atom. The molecule has 0 radical (unpaired) electrons. The summed E-state index contributed by atoms with van der Waals surface area (Å²) in [7, 11) is 0. The normalized spacial score (nSPS) is 10.5. The first-order valence-electron chi connectivity index (χ1n) is 5.47. The molecular formula is C13H14N2OS. The second kappa shape index (κ2) is 5.10. The van der Waals surface area contributed by atoms with Gasteiger partial charge in [0.25, 0.3) is 0 Å². The number of aromatic nitrogens is 2. The molecule has 0 aliphatic heterocycles. The quantitative estimate of drug-likeness (QED) is 0.841. The Morgan fingerprint density at radius 1 is 1.29 bits per heavy atom. The fourth-order valence-corrected chi connectivity index (χ4v) is 1.74. The lowest BCUT2D eigenvalue weighted by atomic mass is 10.1. The van der Waals surface area contributed by atoms with E-state index in [0.29, 0.717) is 4.64 Å². The molecule has 1 N–H and O–H groups in total. The summed E-state index contributed by atoms with van der Waals surface area (Å²) in [5.41, 5.74) is 1.91. The summed E-state index contributed by atoms with van der Waals surface area (Å²) < 4.78 is 6.33. The third-order valence-corrected chi connectivity index (χ3v) is 2.44. The van der Waals surface area contributed by atoms with Crippen LogP contribution in [0.1, 0.15) is 13.8 Å². The molecule has 0 fully saturated rings. The highest BCUT2D eigenvalue weighted by Gasteiger charge is 2.07. The van der Waals surface area contributed by atoms with E-state index in [1.165, 1.54) is 0 Å². The summed E-state index contributed by atoms with van der Waals surface area (Å²) in [6.07, 6.45) is 1.74. The van der Waals surface area contributed by atoms with Gasteiger partial charge >= 0.3 is 0 Å². The lowest BCUT2D eigenvalue weighted by Gasteiger charge is -2.13. The molecule has 1 heterocycles. The largest absolute Gasteiger partial charge is 0.490 e. The van der Waals surface area contributed by atoms with Crippen molar-refractivity contribution in [3.63, 3.8) is 0 Å². The van der Waals surface area contributed by atoms with Crippen molar-refractivity contribution in [2.75, 3.05) is 0 Å². The van der Waals surface area contributed by atoms with E-state index in [2.05, 4.69) is 9.97 Å². The zero-order valence-electron chi connectivity index (χ0n) is 9.81. The molecular weight excluding hydrogens is 232 g/mol. The molecule has 0 saturated carbocycles. The van der Waals surface area contributed by atoms with Gasteiger partial charge in [-0.2, -0.15) is 0 Å². The summed E-state index contributed by atoms with van der Waals surface area (Å²) in [5.74, 6) is 0.847. The van der Waals surface area contributed by atoms with Gasteiger partial charge in [-0.3, -0.25) is 0 Å². The number of nitrogens with zero attached hydrogens (tertiary/aromatic N) is 1. The van der Waals surface area contributed by atoms with Crippen LogP contribution in [0.3, 0.4) is 0 Å². The summed E-state index contributed by atoms with van der Waals surface area (Å²) in [4.78, 5) is 7.06. The molecule has 88 valence electrons. The van der Waals surface area contributed by atoms with Gasteiger partial charge in [-0.1, -0.05) is 24.4 Å². The zero-order chi connectivity index (χ0) is 12.3. The Morgan fingerprint density at radius 3 is 2.76 bits per heavy atom. The van der Waals surface area contributed by atoms with Crippen LogP contribution in [0, 0.1) is 4.64 Å². The van der Waals surface area contributed by atoms with Crippen LogP contribution < -0.4 is 4.74 Å². The second-order valence-electron chi connectivity index (χ2n) is 3.96. The van der Waals surface area contributed by atoms with Crippen molar-refractivity contribution >= 4 is 12.2 Å². The average molecular weight is 246 g/mol. The van der Waals surface area contributed by atoms with Crippen LogP contribution in [0.5, 0.6) is 5.75 Å². The van der Waals surface area contributed by atoms with Crippen LogP contribution in [-0.4, -0.2) is 16.1 Å². The monoisotopic (exact) mass is 246 g/mol. The van der Waals surface area contributed by atoms with Crippen LogP contribution in [0.2, 0.25) is 0 Å². The number of nitrogens with one attached hydrogen (secondary N) is 1. The fourth-order valence-electron chi connectivity index (χ4n) is 1.57. The molecule has 2 rings (SSSR count). The molecule has 3 nitrogen and oxygen atoms in total. The molecule has 1 aromatic heterocycles. The first-order chi connectivity index (χ1) is 8.16. The molecule has 0 spiro atoms. The van der Waals surface area contributed by atoms with Crippen molar-refractivity contribution in [3.8, 4) is 17.0 Å². The van der Waals surface area contributed by atoms with Gasteiger partial charge < -0.3 is 9.72 Å². The van der Waals surface area contributed by atoms with Crippen molar-refractivity contribution in [1.82, 2.24) is 9.97 Å². The number of hydrogen-bond acceptors (Lipinski definition) is 3. The van der Waals surface area contributed by atoms with Gasteiger partial charge in [0.15, 0.2) is 0 Å². The molecule has 0 unspecified atom stereocenters. The highest BCUT2D eigenvalue weighted by molar-refractivity contribution is 7.71. The second-order valence-corrected chi connectivity index (χ2v) is 4.38. The summed E-state index contributed by atoms with van der Waals surface area (Å²) in [6, 6.07) is 9.71. The lowest BCUT2D eigenvalue weighted by molar-refractivity contribution is 0.243. The Balaban J connectivity index is 2.48. The molecule has 17 heavy (non-hydrogen) atoms. The topological polar surface area (TPSA) is 37.9 Å². The minimum Gasteiger partial charge on any atom is -0.490 e. The highest BCUT2D eigenvalue weighted by Crippen LogP contribution is 2.28.